The quantitative estimate of drug-likeness (QED) is 0.655. The second-order valence-electron chi connectivity index (χ2n) is 3.67. The minimum absolute atomic E-state index is 0.0531. The average Bonchev–Trinajstić information content (AvgIpc) is 2.18. The van der Waals surface area contributed by atoms with E-state index < -0.39 is 5.92 Å². The Bertz CT molecular complexity index is 293. The van der Waals surface area contributed by atoms with Crippen LogP contribution in [0.25, 0.3) is 0 Å². The van der Waals surface area contributed by atoms with Gasteiger partial charge in [-0.15, -0.1) is 0 Å². The van der Waals surface area contributed by atoms with Gasteiger partial charge in [0.1, 0.15) is 0 Å². The molecule has 0 aliphatic carbocycles. The Kier molecular flexibility index (Phi) is 4.71. The molecule has 0 aliphatic rings. The van der Waals surface area contributed by atoms with Gasteiger partial charge in [0.05, 0.1) is 0 Å². The summed E-state index contributed by atoms with van der Waals surface area (Å²) in [6.07, 6.45) is 2.37. The summed E-state index contributed by atoms with van der Waals surface area (Å²) < 4.78 is 28.0. The molecule has 0 aromatic heterocycles. The Morgan fingerprint density at radius 2 is 1.73 bits per heavy atom. The first-order valence-electron chi connectivity index (χ1n) is 5.20. The van der Waals surface area contributed by atoms with Gasteiger partial charge in [0, 0.05) is 16.5 Å². The molecule has 1 aromatic carbocycles. The summed E-state index contributed by atoms with van der Waals surface area (Å²) in [5, 5.41) is 0. The number of alkyl halides is 2. The fourth-order valence-electron chi connectivity index (χ4n) is 1.44. The van der Waals surface area contributed by atoms with Crippen LogP contribution in [0.2, 0.25) is 0 Å². The number of halogens is 3. The molecule has 3 heteroatoms. The molecular weight excluding hydrogens is 262 g/mol. The van der Waals surface area contributed by atoms with Crippen molar-refractivity contribution >= 4 is 15.9 Å². The molecule has 1 aromatic rings. The molecule has 15 heavy (non-hydrogen) atoms. The predicted octanol–water partition coefficient (Wildman–Crippen LogP) is 5.12. The summed E-state index contributed by atoms with van der Waals surface area (Å²) in [7, 11) is 0. The maximum atomic E-state index is 13.6. The Hall–Kier alpha value is -0.440. The maximum Gasteiger partial charge on any atom is 0.273 e. The van der Waals surface area contributed by atoms with Gasteiger partial charge in [0.25, 0.3) is 5.92 Å². The molecule has 84 valence electrons. The number of benzene rings is 1. The molecule has 1 rings (SSSR count). The lowest BCUT2D eigenvalue weighted by atomic mass is 10.0. The molecule has 0 aliphatic heterocycles. The smallest absolute Gasteiger partial charge is 0.201 e. The summed E-state index contributed by atoms with van der Waals surface area (Å²) in [5.41, 5.74) is 0.113. The van der Waals surface area contributed by atoms with Gasteiger partial charge in [-0.05, 0) is 18.6 Å². The van der Waals surface area contributed by atoms with E-state index in [1.54, 1.807) is 12.1 Å². The van der Waals surface area contributed by atoms with Crippen LogP contribution in [0.4, 0.5) is 8.78 Å². The Morgan fingerprint density at radius 1 is 1.13 bits per heavy atom. The van der Waals surface area contributed by atoms with E-state index >= 15 is 0 Å². The van der Waals surface area contributed by atoms with E-state index in [1.165, 1.54) is 12.1 Å². The van der Waals surface area contributed by atoms with Gasteiger partial charge in [-0.2, -0.15) is 0 Å². The van der Waals surface area contributed by atoms with Crippen molar-refractivity contribution in [1.82, 2.24) is 0 Å². The highest BCUT2D eigenvalue weighted by atomic mass is 79.9. The topological polar surface area (TPSA) is 0 Å². The van der Waals surface area contributed by atoms with E-state index in [-0.39, 0.29) is 12.0 Å². The van der Waals surface area contributed by atoms with E-state index in [4.69, 9.17) is 0 Å². The second-order valence-corrected chi connectivity index (χ2v) is 4.58. The zero-order valence-corrected chi connectivity index (χ0v) is 10.4. The van der Waals surface area contributed by atoms with Crippen molar-refractivity contribution in [3.8, 4) is 0 Å². The van der Waals surface area contributed by atoms with Crippen LogP contribution in [0.15, 0.2) is 28.7 Å². The molecule has 0 saturated carbocycles. The molecule has 0 N–H and O–H groups in total. The summed E-state index contributed by atoms with van der Waals surface area (Å²) in [6, 6.07) is 6.28. The Morgan fingerprint density at radius 3 is 2.27 bits per heavy atom. The van der Waals surface area contributed by atoms with Gasteiger partial charge >= 0.3 is 0 Å². The van der Waals surface area contributed by atoms with Gasteiger partial charge in [-0.1, -0.05) is 47.8 Å². The first-order chi connectivity index (χ1) is 7.06. The Balaban J connectivity index is 2.63. The summed E-state index contributed by atoms with van der Waals surface area (Å²) in [4.78, 5) is 0. The number of hydrogen-bond donors (Lipinski definition) is 0. The second kappa shape index (κ2) is 5.59. The number of rotatable bonds is 5. The van der Waals surface area contributed by atoms with Gasteiger partial charge in [0.2, 0.25) is 0 Å². The highest BCUT2D eigenvalue weighted by Gasteiger charge is 2.30. The molecule has 0 amide bonds. The average molecular weight is 277 g/mol. The largest absolute Gasteiger partial charge is 0.273 e. The van der Waals surface area contributed by atoms with Gasteiger partial charge in [-0.3, -0.25) is 0 Å². The molecule has 0 heterocycles. The van der Waals surface area contributed by atoms with Crippen molar-refractivity contribution in [2.24, 2.45) is 0 Å². The van der Waals surface area contributed by atoms with E-state index in [0.29, 0.717) is 6.42 Å². The molecular formula is C12H15BrF2. The normalized spacial score (nSPS) is 11.7. The first kappa shape index (κ1) is 12.6. The lowest BCUT2D eigenvalue weighted by Crippen LogP contribution is -2.12. The van der Waals surface area contributed by atoms with E-state index in [0.717, 1.165) is 17.3 Å². The summed E-state index contributed by atoms with van der Waals surface area (Å²) >= 11 is 3.23. The molecule has 0 saturated heterocycles. The maximum absolute atomic E-state index is 13.6. The highest BCUT2D eigenvalue weighted by Crippen LogP contribution is 2.33. The molecule has 0 spiro atoms. The standard InChI is InChI=1S/C12H15BrF2/c1-2-3-4-9-12(14,15)10-5-7-11(13)8-6-10/h5-8H,2-4,9H2,1H3. The molecule has 0 unspecified atom stereocenters. The van der Waals surface area contributed by atoms with Crippen LogP contribution in [-0.4, -0.2) is 0 Å². The lowest BCUT2D eigenvalue weighted by molar-refractivity contribution is -0.0157. The third-order valence-corrected chi connectivity index (χ3v) is 2.89. The van der Waals surface area contributed by atoms with Crippen molar-refractivity contribution in [2.75, 3.05) is 0 Å². The molecule has 0 bridgehead atoms. The van der Waals surface area contributed by atoms with E-state index in [2.05, 4.69) is 15.9 Å². The van der Waals surface area contributed by atoms with E-state index in [9.17, 15) is 8.78 Å². The van der Waals surface area contributed by atoms with Crippen molar-refractivity contribution in [3.05, 3.63) is 34.3 Å². The zero-order chi connectivity index (χ0) is 11.3. The fourth-order valence-corrected chi connectivity index (χ4v) is 1.70. The lowest BCUT2D eigenvalue weighted by Gasteiger charge is -2.16. The van der Waals surface area contributed by atoms with Crippen molar-refractivity contribution in [2.45, 2.75) is 38.5 Å². The number of unbranched alkanes of at least 4 members (excludes halogenated alkanes) is 2. The highest BCUT2D eigenvalue weighted by molar-refractivity contribution is 9.10. The fraction of sp³-hybridized carbons (Fsp3) is 0.500. The molecule has 0 radical (unpaired) electrons. The molecule has 0 fully saturated rings. The Labute approximate surface area is 97.8 Å². The minimum Gasteiger partial charge on any atom is -0.201 e. The van der Waals surface area contributed by atoms with Crippen molar-refractivity contribution < 1.29 is 8.78 Å². The monoisotopic (exact) mass is 276 g/mol. The third kappa shape index (κ3) is 3.90. The van der Waals surface area contributed by atoms with Crippen LogP contribution >= 0.6 is 15.9 Å². The molecule has 0 atom stereocenters. The van der Waals surface area contributed by atoms with Crippen LogP contribution in [0, 0.1) is 0 Å². The van der Waals surface area contributed by atoms with Crippen LogP contribution < -0.4 is 0 Å². The predicted molar refractivity (Wildman–Crippen MR) is 62.2 cm³/mol. The van der Waals surface area contributed by atoms with Crippen molar-refractivity contribution in [1.29, 1.82) is 0 Å². The zero-order valence-electron chi connectivity index (χ0n) is 8.77. The number of hydrogen-bond acceptors (Lipinski definition) is 0. The molecule has 0 nitrogen and oxygen atoms in total. The SMILES string of the molecule is CCCCCC(F)(F)c1ccc(Br)cc1. The van der Waals surface area contributed by atoms with Crippen LogP contribution in [0.3, 0.4) is 0 Å². The van der Waals surface area contributed by atoms with E-state index in [1.807, 2.05) is 6.92 Å². The van der Waals surface area contributed by atoms with Crippen molar-refractivity contribution in [3.63, 3.8) is 0 Å². The first-order valence-corrected chi connectivity index (χ1v) is 5.99. The van der Waals surface area contributed by atoms with Gasteiger partial charge in [0.15, 0.2) is 0 Å². The van der Waals surface area contributed by atoms with Crippen LogP contribution in [0.5, 0.6) is 0 Å². The van der Waals surface area contributed by atoms with Crippen LogP contribution in [-0.2, 0) is 5.92 Å². The summed E-state index contributed by atoms with van der Waals surface area (Å²) in [5.74, 6) is -2.68. The van der Waals surface area contributed by atoms with Gasteiger partial charge in [-0.25, -0.2) is 8.78 Å². The third-order valence-electron chi connectivity index (χ3n) is 2.36. The minimum atomic E-state index is -2.68. The van der Waals surface area contributed by atoms with Crippen LogP contribution in [0.1, 0.15) is 38.2 Å². The summed E-state index contributed by atoms with van der Waals surface area (Å²) in [6.45, 7) is 2.01. The van der Waals surface area contributed by atoms with Gasteiger partial charge < -0.3 is 0 Å².